The van der Waals surface area contributed by atoms with Crippen molar-refractivity contribution in [2.24, 2.45) is 0 Å². The number of aryl methyl sites for hydroxylation is 1. The van der Waals surface area contributed by atoms with Crippen LogP contribution in [0.4, 0.5) is 20.3 Å². The van der Waals surface area contributed by atoms with Crippen molar-refractivity contribution < 1.29 is 18.1 Å². The van der Waals surface area contributed by atoms with Gasteiger partial charge in [0.15, 0.2) is 5.82 Å². The number of carbonyl (C=O) groups is 1. The highest BCUT2D eigenvalue weighted by Gasteiger charge is 2.22. The zero-order valence-corrected chi connectivity index (χ0v) is 13.3. The lowest BCUT2D eigenvalue weighted by molar-refractivity contribution is -0.117. The average Bonchev–Trinajstić information content (AvgIpc) is 2.97. The molecule has 1 amide bonds. The summed E-state index contributed by atoms with van der Waals surface area (Å²) in [7, 11) is 0. The smallest absolute Gasteiger partial charge is 0.252 e. The maximum Gasteiger partial charge on any atom is 0.252 e. The van der Waals surface area contributed by atoms with Gasteiger partial charge in [-0.1, -0.05) is 35.5 Å². The normalized spacial score (nSPS) is 11.8. The number of nitrogens with zero attached hydrogens (tertiary/aromatic N) is 1. The second-order valence-electron chi connectivity index (χ2n) is 5.46. The molecule has 1 heterocycles. The van der Waals surface area contributed by atoms with Crippen molar-refractivity contribution >= 4 is 17.4 Å². The summed E-state index contributed by atoms with van der Waals surface area (Å²) in [5.41, 5.74) is 0.780. The summed E-state index contributed by atoms with van der Waals surface area (Å²) in [5, 5.41) is 9.18. The highest BCUT2D eigenvalue weighted by Crippen LogP contribution is 2.23. The van der Waals surface area contributed by atoms with E-state index in [-0.39, 0.29) is 11.5 Å². The van der Waals surface area contributed by atoms with E-state index in [0.717, 1.165) is 18.2 Å². The number of amides is 1. The fraction of sp³-hybridized carbons (Fsp3) is 0.111. The monoisotopic (exact) mass is 343 g/mol. The topological polar surface area (TPSA) is 67.2 Å². The molecule has 2 N–H and O–H groups in total. The number of anilines is 2. The molecule has 3 rings (SSSR count). The predicted molar refractivity (Wildman–Crippen MR) is 89.0 cm³/mol. The summed E-state index contributed by atoms with van der Waals surface area (Å²) in [4.78, 5) is 12.7. The number of rotatable bonds is 5. The van der Waals surface area contributed by atoms with Crippen molar-refractivity contribution in [1.29, 1.82) is 0 Å². The van der Waals surface area contributed by atoms with Crippen molar-refractivity contribution in [2.45, 2.75) is 13.0 Å². The zero-order chi connectivity index (χ0) is 17.8. The number of aromatic nitrogens is 1. The van der Waals surface area contributed by atoms with Crippen molar-refractivity contribution in [1.82, 2.24) is 5.16 Å². The van der Waals surface area contributed by atoms with Gasteiger partial charge in [0.2, 0.25) is 0 Å². The maximum absolute atomic E-state index is 13.4. The molecule has 0 fully saturated rings. The Morgan fingerprint density at radius 3 is 2.36 bits per heavy atom. The van der Waals surface area contributed by atoms with Crippen LogP contribution in [0.2, 0.25) is 0 Å². The highest BCUT2D eigenvalue weighted by atomic mass is 19.1. The van der Waals surface area contributed by atoms with Crippen molar-refractivity contribution in [3.05, 3.63) is 77.6 Å². The van der Waals surface area contributed by atoms with Crippen molar-refractivity contribution in [2.75, 3.05) is 10.6 Å². The van der Waals surface area contributed by atoms with Crippen molar-refractivity contribution in [3.63, 3.8) is 0 Å². The third-order valence-corrected chi connectivity index (χ3v) is 3.45. The van der Waals surface area contributed by atoms with Crippen LogP contribution in [0.1, 0.15) is 17.4 Å². The SMILES string of the molecule is Cc1cc(NC(=O)[C@H](Nc2cc(F)cc(F)c2)c2ccccc2)no1. The molecule has 2 aromatic carbocycles. The van der Waals surface area contributed by atoms with E-state index in [0.29, 0.717) is 11.3 Å². The van der Waals surface area contributed by atoms with Gasteiger partial charge in [0.05, 0.1) is 0 Å². The Hall–Kier alpha value is -3.22. The van der Waals surface area contributed by atoms with E-state index in [9.17, 15) is 13.6 Å². The van der Waals surface area contributed by atoms with Gasteiger partial charge >= 0.3 is 0 Å². The Morgan fingerprint density at radius 2 is 1.76 bits per heavy atom. The van der Waals surface area contributed by atoms with E-state index in [1.54, 1.807) is 43.3 Å². The summed E-state index contributed by atoms with van der Waals surface area (Å²) < 4.78 is 31.8. The lowest BCUT2D eigenvalue weighted by Gasteiger charge is -2.19. The highest BCUT2D eigenvalue weighted by molar-refractivity contribution is 5.96. The minimum absolute atomic E-state index is 0.151. The standard InChI is InChI=1S/C18H15F2N3O2/c1-11-7-16(23-25-11)22-18(24)17(12-5-3-2-4-6-12)21-15-9-13(19)8-14(20)10-15/h2-10,17,21H,1H3,(H,22,23,24)/t17-/m1/s1. The van der Waals surface area contributed by atoms with Crippen molar-refractivity contribution in [3.8, 4) is 0 Å². The van der Waals surface area contributed by atoms with Crippen LogP contribution >= 0.6 is 0 Å². The number of halogens is 2. The minimum Gasteiger partial charge on any atom is -0.370 e. The Labute approximate surface area is 142 Å². The Bertz CT molecular complexity index is 861. The lowest BCUT2D eigenvalue weighted by Crippen LogP contribution is -2.27. The maximum atomic E-state index is 13.4. The lowest BCUT2D eigenvalue weighted by atomic mass is 10.1. The van der Waals surface area contributed by atoms with E-state index in [1.165, 1.54) is 0 Å². The molecule has 0 saturated carbocycles. The molecule has 0 radical (unpaired) electrons. The summed E-state index contributed by atoms with van der Waals surface area (Å²) in [6.07, 6.45) is 0. The summed E-state index contributed by atoms with van der Waals surface area (Å²) in [6, 6.07) is 12.5. The van der Waals surface area contributed by atoms with Gasteiger partial charge in [-0.15, -0.1) is 0 Å². The molecular weight excluding hydrogens is 328 g/mol. The molecule has 0 aliphatic rings. The van der Waals surface area contributed by atoms with E-state index in [4.69, 9.17) is 4.52 Å². The summed E-state index contributed by atoms with van der Waals surface area (Å²) in [6.45, 7) is 1.70. The van der Waals surface area contributed by atoms with Gasteiger partial charge in [0.1, 0.15) is 23.4 Å². The number of hydrogen-bond acceptors (Lipinski definition) is 4. The molecule has 0 bridgehead atoms. The van der Waals surface area contributed by atoms with Gasteiger partial charge in [-0.25, -0.2) is 8.78 Å². The second kappa shape index (κ2) is 7.12. The molecule has 0 aliphatic carbocycles. The molecule has 0 aliphatic heterocycles. The number of benzene rings is 2. The van der Waals surface area contributed by atoms with Gasteiger partial charge in [0, 0.05) is 17.8 Å². The van der Waals surface area contributed by atoms with Gasteiger partial charge in [-0.2, -0.15) is 0 Å². The molecule has 3 aromatic rings. The quantitative estimate of drug-likeness (QED) is 0.733. The van der Waals surface area contributed by atoms with E-state index in [2.05, 4.69) is 15.8 Å². The van der Waals surface area contributed by atoms with Gasteiger partial charge in [0.25, 0.3) is 5.91 Å². The molecule has 128 valence electrons. The van der Waals surface area contributed by atoms with E-state index < -0.39 is 23.6 Å². The van der Waals surface area contributed by atoms with Gasteiger partial charge < -0.3 is 15.2 Å². The third-order valence-electron chi connectivity index (χ3n) is 3.45. The summed E-state index contributed by atoms with van der Waals surface area (Å²) in [5.74, 6) is -1.10. The first-order valence-electron chi connectivity index (χ1n) is 7.53. The Morgan fingerprint density at radius 1 is 1.08 bits per heavy atom. The van der Waals surface area contributed by atoms with Crippen LogP contribution in [0.5, 0.6) is 0 Å². The molecule has 1 atom stereocenters. The molecular formula is C18H15F2N3O2. The van der Waals surface area contributed by atoms with E-state index in [1.807, 2.05) is 0 Å². The Kier molecular flexibility index (Phi) is 4.74. The first-order chi connectivity index (χ1) is 12.0. The predicted octanol–water partition coefficient (Wildman–Crippen LogP) is 4.05. The van der Waals surface area contributed by atoms with Crippen LogP contribution in [-0.2, 0) is 4.79 Å². The van der Waals surface area contributed by atoms with E-state index >= 15 is 0 Å². The van der Waals surface area contributed by atoms with Crippen LogP contribution in [0.25, 0.3) is 0 Å². The number of nitrogens with one attached hydrogen (secondary N) is 2. The fourth-order valence-electron chi connectivity index (χ4n) is 2.37. The zero-order valence-electron chi connectivity index (χ0n) is 13.3. The van der Waals surface area contributed by atoms with Gasteiger partial charge in [-0.3, -0.25) is 4.79 Å². The molecule has 0 spiro atoms. The first kappa shape index (κ1) is 16.6. The molecule has 1 aromatic heterocycles. The number of hydrogen-bond donors (Lipinski definition) is 2. The number of carbonyl (C=O) groups excluding carboxylic acids is 1. The third kappa shape index (κ3) is 4.20. The van der Waals surface area contributed by atoms with Crippen LogP contribution in [0.15, 0.2) is 59.1 Å². The fourth-order valence-corrected chi connectivity index (χ4v) is 2.37. The molecule has 5 nitrogen and oxygen atoms in total. The largest absolute Gasteiger partial charge is 0.370 e. The second-order valence-corrected chi connectivity index (χ2v) is 5.46. The molecule has 25 heavy (non-hydrogen) atoms. The first-order valence-corrected chi connectivity index (χ1v) is 7.53. The van der Waals surface area contributed by atoms with Crippen LogP contribution in [0.3, 0.4) is 0 Å². The molecule has 7 heteroatoms. The molecule has 0 saturated heterocycles. The summed E-state index contributed by atoms with van der Waals surface area (Å²) >= 11 is 0. The van der Waals surface area contributed by atoms with Crippen LogP contribution in [-0.4, -0.2) is 11.1 Å². The average molecular weight is 343 g/mol. The van der Waals surface area contributed by atoms with Gasteiger partial charge in [-0.05, 0) is 24.6 Å². The van der Waals surface area contributed by atoms with Crippen LogP contribution < -0.4 is 10.6 Å². The van der Waals surface area contributed by atoms with Crippen LogP contribution in [0, 0.1) is 18.6 Å². The minimum atomic E-state index is -0.876. The Balaban J connectivity index is 1.88. The molecule has 0 unspecified atom stereocenters.